The van der Waals surface area contributed by atoms with Gasteiger partial charge < -0.3 is 10.6 Å². The molecule has 3 rings (SSSR count). The molecule has 0 saturated carbocycles. The molecule has 2 heterocycles. The molecule has 0 spiro atoms. The molecule has 0 atom stereocenters. The van der Waals surface area contributed by atoms with E-state index in [0.717, 1.165) is 5.56 Å². The third-order valence-corrected chi connectivity index (χ3v) is 3.69. The molecule has 2 aromatic heterocycles. The summed E-state index contributed by atoms with van der Waals surface area (Å²) in [7, 11) is 0. The van der Waals surface area contributed by atoms with E-state index in [-0.39, 0.29) is 24.0 Å². The van der Waals surface area contributed by atoms with E-state index in [0.29, 0.717) is 23.8 Å². The molecule has 0 aliphatic heterocycles. The molecule has 3 aromatic rings. The molecule has 7 heteroatoms. The summed E-state index contributed by atoms with van der Waals surface area (Å²) in [5.74, 6) is 0.281. The highest BCUT2D eigenvalue weighted by Gasteiger charge is 2.11. The highest BCUT2D eigenvalue weighted by Crippen LogP contribution is 2.10. The fourth-order valence-electron chi connectivity index (χ4n) is 2.38. The van der Waals surface area contributed by atoms with Crippen molar-refractivity contribution in [1.29, 1.82) is 0 Å². The zero-order chi connectivity index (χ0) is 18.4. The van der Waals surface area contributed by atoms with Gasteiger partial charge in [-0.1, -0.05) is 18.2 Å². The summed E-state index contributed by atoms with van der Waals surface area (Å²) in [4.78, 5) is 24.8. The average molecular weight is 351 g/mol. The van der Waals surface area contributed by atoms with E-state index >= 15 is 0 Å². The van der Waals surface area contributed by atoms with Crippen LogP contribution in [0.1, 0.15) is 27.4 Å². The number of benzene rings is 1. The van der Waals surface area contributed by atoms with Crippen molar-refractivity contribution in [2.24, 2.45) is 0 Å². The Kier molecular flexibility index (Phi) is 5.48. The number of anilines is 1. The molecule has 0 saturated heterocycles. The van der Waals surface area contributed by atoms with Crippen molar-refractivity contribution >= 4 is 11.7 Å². The molecule has 2 N–H and O–H groups in total. The van der Waals surface area contributed by atoms with Gasteiger partial charge in [0, 0.05) is 37.1 Å². The Balaban J connectivity index is 1.66. The summed E-state index contributed by atoms with van der Waals surface area (Å²) < 4.78 is 13.6. The lowest BCUT2D eigenvalue weighted by molar-refractivity contribution is 0.0945. The summed E-state index contributed by atoms with van der Waals surface area (Å²) in [5.41, 5.74) is 1.69. The van der Waals surface area contributed by atoms with Crippen LogP contribution in [-0.2, 0) is 13.1 Å². The first-order valence-electron chi connectivity index (χ1n) is 8.12. The van der Waals surface area contributed by atoms with Gasteiger partial charge in [0.2, 0.25) is 0 Å². The van der Waals surface area contributed by atoms with Gasteiger partial charge in [0.1, 0.15) is 23.2 Å². The van der Waals surface area contributed by atoms with Crippen LogP contribution in [0.5, 0.6) is 0 Å². The topological polar surface area (TPSA) is 79.8 Å². The number of hydrogen-bond donors (Lipinski definition) is 2. The van der Waals surface area contributed by atoms with Gasteiger partial charge in [-0.25, -0.2) is 14.4 Å². The van der Waals surface area contributed by atoms with E-state index in [4.69, 9.17) is 0 Å². The predicted octanol–water partition coefficient (Wildman–Crippen LogP) is 2.86. The van der Waals surface area contributed by atoms with Crippen LogP contribution >= 0.6 is 0 Å². The van der Waals surface area contributed by atoms with Gasteiger partial charge in [-0.15, -0.1) is 0 Å². The summed E-state index contributed by atoms with van der Waals surface area (Å²) >= 11 is 0. The number of pyridine rings is 1. The number of halogens is 1. The van der Waals surface area contributed by atoms with Gasteiger partial charge >= 0.3 is 0 Å². The Hall–Kier alpha value is -3.35. The lowest BCUT2D eigenvalue weighted by atomic mass is 10.2. The van der Waals surface area contributed by atoms with Crippen LogP contribution in [0, 0.1) is 12.7 Å². The first-order chi connectivity index (χ1) is 12.6. The number of hydrogen-bond acceptors (Lipinski definition) is 5. The van der Waals surface area contributed by atoms with Gasteiger partial charge in [-0.2, -0.15) is 0 Å². The van der Waals surface area contributed by atoms with Crippen molar-refractivity contribution in [2.45, 2.75) is 20.0 Å². The predicted molar refractivity (Wildman–Crippen MR) is 95.9 cm³/mol. The van der Waals surface area contributed by atoms with E-state index < -0.39 is 0 Å². The molecule has 132 valence electrons. The molecule has 0 radical (unpaired) electrons. The third-order valence-electron chi connectivity index (χ3n) is 3.69. The summed E-state index contributed by atoms with van der Waals surface area (Å²) in [5, 5.41) is 5.84. The highest BCUT2D eigenvalue weighted by molar-refractivity contribution is 5.92. The zero-order valence-corrected chi connectivity index (χ0v) is 14.2. The quantitative estimate of drug-likeness (QED) is 0.714. The molecule has 0 aliphatic rings. The molecule has 1 amide bonds. The SMILES string of the molecule is Cc1nc(NCc2ccncc2)cc(C(=O)NCc2ccccc2F)n1. The third kappa shape index (κ3) is 4.60. The van der Waals surface area contributed by atoms with Crippen LogP contribution in [0.25, 0.3) is 0 Å². The van der Waals surface area contributed by atoms with E-state index in [1.54, 1.807) is 43.6 Å². The van der Waals surface area contributed by atoms with E-state index in [2.05, 4.69) is 25.6 Å². The molecule has 0 unspecified atom stereocenters. The van der Waals surface area contributed by atoms with Gasteiger partial charge in [0.25, 0.3) is 5.91 Å². The molecule has 0 aliphatic carbocycles. The fraction of sp³-hybridized carbons (Fsp3) is 0.158. The van der Waals surface area contributed by atoms with E-state index in [9.17, 15) is 9.18 Å². The van der Waals surface area contributed by atoms with E-state index in [1.165, 1.54) is 6.07 Å². The van der Waals surface area contributed by atoms with Crippen molar-refractivity contribution in [2.75, 3.05) is 5.32 Å². The fourth-order valence-corrected chi connectivity index (χ4v) is 2.38. The first kappa shape index (κ1) is 17.5. The van der Waals surface area contributed by atoms with Gasteiger partial charge in [-0.05, 0) is 30.7 Å². The normalized spacial score (nSPS) is 10.4. The minimum Gasteiger partial charge on any atom is -0.366 e. The maximum absolute atomic E-state index is 13.6. The molecule has 6 nitrogen and oxygen atoms in total. The minimum absolute atomic E-state index is 0.0916. The van der Waals surface area contributed by atoms with Crippen LogP contribution in [0.3, 0.4) is 0 Å². The summed E-state index contributed by atoms with van der Waals surface area (Å²) in [6.45, 7) is 2.36. The van der Waals surface area contributed by atoms with Gasteiger partial charge in [-0.3, -0.25) is 9.78 Å². The molecule has 26 heavy (non-hydrogen) atoms. The lowest BCUT2D eigenvalue weighted by Crippen LogP contribution is -2.25. The van der Waals surface area contributed by atoms with Crippen LogP contribution in [-0.4, -0.2) is 20.9 Å². The highest BCUT2D eigenvalue weighted by atomic mass is 19.1. The first-order valence-corrected chi connectivity index (χ1v) is 8.12. The largest absolute Gasteiger partial charge is 0.366 e. The molecule has 1 aromatic carbocycles. The summed E-state index contributed by atoms with van der Waals surface area (Å²) in [6.07, 6.45) is 3.42. The number of carbonyl (C=O) groups excluding carboxylic acids is 1. The second kappa shape index (κ2) is 8.15. The van der Waals surface area contributed by atoms with Crippen LogP contribution < -0.4 is 10.6 Å². The van der Waals surface area contributed by atoms with Crippen LogP contribution in [0.2, 0.25) is 0 Å². The van der Waals surface area contributed by atoms with Crippen molar-refractivity contribution < 1.29 is 9.18 Å². The second-order valence-electron chi connectivity index (χ2n) is 5.67. The minimum atomic E-state index is -0.384. The number of aryl methyl sites for hydroxylation is 1. The van der Waals surface area contributed by atoms with Crippen molar-refractivity contribution in [3.05, 3.63) is 83.3 Å². The Morgan fingerprint density at radius 2 is 1.85 bits per heavy atom. The maximum atomic E-state index is 13.6. The smallest absolute Gasteiger partial charge is 0.270 e. The van der Waals surface area contributed by atoms with Crippen molar-refractivity contribution in [3.63, 3.8) is 0 Å². The Morgan fingerprint density at radius 3 is 2.62 bits per heavy atom. The number of carbonyl (C=O) groups is 1. The van der Waals surface area contributed by atoms with E-state index in [1.807, 2.05) is 12.1 Å². The molecule has 0 fully saturated rings. The average Bonchev–Trinajstić information content (AvgIpc) is 2.66. The second-order valence-corrected chi connectivity index (χ2v) is 5.67. The van der Waals surface area contributed by atoms with Crippen LogP contribution in [0.4, 0.5) is 10.2 Å². The number of nitrogens with zero attached hydrogens (tertiary/aromatic N) is 3. The van der Waals surface area contributed by atoms with Gasteiger partial charge in [0.15, 0.2) is 0 Å². The Labute approximate surface area is 150 Å². The zero-order valence-electron chi connectivity index (χ0n) is 14.2. The number of amides is 1. The standard InChI is InChI=1S/C19H18FN5O/c1-13-24-17(19(26)23-12-15-4-2-3-5-16(15)20)10-18(25-13)22-11-14-6-8-21-9-7-14/h2-10H,11-12H2,1H3,(H,23,26)(H,22,24,25). The summed E-state index contributed by atoms with van der Waals surface area (Å²) in [6, 6.07) is 11.7. The van der Waals surface area contributed by atoms with Crippen molar-refractivity contribution in [1.82, 2.24) is 20.3 Å². The van der Waals surface area contributed by atoms with Crippen molar-refractivity contribution in [3.8, 4) is 0 Å². The Morgan fingerprint density at radius 1 is 1.08 bits per heavy atom. The number of aromatic nitrogens is 3. The van der Waals surface area contributed by atoms with Crippen LogP contribution in [0.15, 0.2) is 54.9 Å². The monoisotopic (exact) mass is 351 g/mol. The Bertz CT molecular complexity index is 901. The lowest BCUT2D eigenvalue weighted by Gasteiger charge is -2.09. The maximum Gasteiger partial charge on any atom is 0.270 e. The molecule has 0 bridgehead atoms. The molecular weight excluding hydrogens is 333 g/mol. The molecular formula is C19H18FN5O. The number of nitrogens with one attached hydrogen (secondary N) is 2. The number of rotatable bonds is 6. The van der Waals surface area contributed by atoms with Gasteiger partial charge in [0.05, 0.1) is 0 Å².